The number of benzene rings is 1. The van der Waals surface area contributed by atoms with Crippen LogP contribution in [0.5, 0.6) is 0 Å². The molecular formula is C19H19N3O6. The van der Waals surface area contributed by atoms with Crippen LogP contribution < -0.4 is 16.0 Å². The van der Waals surface area contributed by atoms with Gasteiger partial charge in [-0.1, -0.05) is 30.3 Å². The number of hydrogen-bond donors (Lipinski definition) is 3. The van der Waals surface area contributed by atoms with Crippen LogP contribution in [0.3, 0.4) is 0 Å². The Labute approximate surface area is 160 Å². The maximum atomic E-state index is 11.6. The van der Waals surface area contributed by atoms with Gasteiger partial charge in [0.15, 0.2) is 6.61 Å². The highest BCUT2D eigenvalue weighted by Crippen LogP contribution is 2.00. The van der Waals surface area contributed by atoms with E-state index in [1.165, 1.54) is 12.3 Å². The summed E-state index contributed by atoms with van der Waals surface area (Å²) in [6, 6.07) is 11.7. The van der Waals surface area contributed by atoms with Crippen LogP contribution in [0.25, 0.3) is 6.08 Å². The van der Waals surface area contributed by atoms with Crippen molar-refractivity contribution in [3.8, 4) is 0 Å². The van der Waals surface area contributed by atoms with E-state index in [-0.39, 0.29) is 6.54 Å². The zero-order valence-corrected chi connectivity index (χ0v) is 14.8. The normalized spacial score (nSPS) is 10.3. The zero-order valence-electron chi connectivity index (χ0n) is 14.8. The van der Waals surface area contributed by atoms with E-state index in [0.717, 1.165) is 5.56 Å². The van der Waals surface area contributed by atoms with Crippen LogP contribution >= 0.6 is 0 Å². The summed E-state index contributed by atoms with van der Waals surface area (Å²) in [5, 5.41) is 6.73. The zero-order chi connectivity index (χ0) is 20.2. The molecule has 0 aliphatic carbocycles. The number of amides is 4. The van der Waals surface area contributed by atoms with Crippen molar-refractivity contribution >= 4 is 29.9 Å². The first-order chi connectivity index (χ1) is 13.5. The van der Waals surface area contributed by atoms with Crippen molar-refractivity contribution < 1.29 is 28.3 Å². The minimum atomic E-state index is -0.812. The Kier molecular flexibility index (Phi) is 8.00. The summed E-state index contributed by atoms with van der Waals surface area (Å²) in [4.78, 5) is 46.2. The standard InChI is InChI=1S/C19H19N3O6/c23-16(9-8-14-5-2-1-3-6-14)20-12-18(25)28-13-17(24)22-19(26)21-11-15-7-4-10-27-15/h1-10H,11-13H2,(H,20,23)(H2,21,22,24,26)/b9-8+. The van der Waals surface area contributed by atoms with Gasteiger partial charge in [-0.05, 0) is 23.8 Å². The molecule has 3 N–H and O–H groups in total. The fourth-order valence-electron chi connectivity index (χ4n) is 1.94. The number of carbonyl (C=O) groups is 4. The fraction of sp³-hybridized carbons (Fsp3) is 0.158. The van der Waals surface area contributed by atoms with Gasteiger partial charge in [-0.3, -0.25) is 19.7 Å². The topological polar surface area (TPSA) is 127 Å². The second kappa shape index (κ2) is 11.0. The molecule has 2 aromatic rings. The first-order valence-electron chi connectivity index (χ1n) is 8.29. The summed E-state index contributed by atoms with van der Waals surface area (Å²) in [5.74, 6) is -1.58. The van der Waals surface area contributed by atoms with Gasteiger partial charge in [-0.15, -0.1) is 0 Å². The number of hydrogen-bond acceptors (Lipinski definition) is 6. The lowest BCUT2D eigenvalue weighted by Crippen LogP contribution is -2.41. The molecule has 146 valence electrons. The van der Waals surface area contributed by atoms with Gasteiger partial charge in [0.2, 0.25) is 5.91 Å². The molecule has 1 aromatic heterocycles. The predicted molar refractivity (Wildman–Crippen MR) is 98.5 cm³/mol. The molecule has 0 unspecified atom stereocenters. The quantitative estimate of drug-likeness (QED) is 0.459. The third-order valence-corrected chi connectivity index (χ3v) is 3.25. The molecule has 0 saturated heterocycles. The van der Waals surface area contributed by atoms with Crippen LogP contribution in [0.15, 0.2) is 59.2 Å². The first kappa shape index (κ1) is 20.4. The molecule has 0 aliphatic heterocycles. The highest BCUT2D eigenvalue weighted by molar-refractivity contribution is 5.96. The molecular weight excluding hydrogens is 366 g/mol. The number of carbonyl (C=O) groups excluding carboxylic acids is 4. The molecule has 0 atom stereocenters. The van der Waals surface area contributed by atoms with Crippen LogP contribution in [0, 0.1) is 0 Å². The van der Waals surface area contributed by atoms with Gasteiger partial charge in [-0.2, -0.15) is 0 Å². The van der Waals surface area contributed by atoms with Gasteiger partial charge in [0.05, 0.1) is 12.8 Å². The molecule has 1 heterocycles. The molecule has 0 aliphatic rings. The molecule has 9 nitrogen and oxygen atoms in total. The van der Waals surface area contributed by atoms with Gasteiger partial charge < -0.3 is 19.8 Å². The van der Waals surface area contributed by atoms with E-state index in [4.69, 9.17) is 4.42 Å². The monoisotopic (exact) mass is 385 g/mol. The summed E-state index contributed by atoms with van der Waals surface area (Å²) in [6.45, 7) is -0.951. The van der Waals surface area contributed by atoms with Gasteiger partial charge in [0, 0.05) is 6.08 Å². The molecule has 0 spiro atoms. The fourth-order valence-corrected chi connectivity index (χ4v) is 1.94. The van der Waals surface area contributed by atoms with Gasteiger partial charge in [0.25, 0.3) is 5.91 Å². The third-order valence-electron chi connectivity index (χ3n) is 3.25. The van der Waals surface area contributed by atoms with Crippen molar-refractivity contribution in [1.29, 1.82) is 0 Å². The van der Waals surface area contributed by atoms with Crippen LogP contribution in [-0.4, -0.2) is 37.0 Å². The van der Waals surface area contributed by atoms with E-state index in [0.29, 0.717) is 5.76 Å². The summed E-state index contributed by atoms with van der Waals surface area (Å²) in [5.41, 5.74) is 0.835. The molecule has 4 amide bonds. The second-order valence-corrected chi connectivity index (χ2v) is 5.43. The van der Waals surface area contributed by atoms with Crippen molar-refractivity contribution in [1.82, 2.24) is 16.0 Å². The number of nitrogens with one attached hydrogen (secondary N) is 3. The molecule has 2 rings (SSSR count). The van der Waals surface area contributed by atoms with Crippen molar-refractivity contribution in [2.45, 2.75) is 6.54 Å². The SMILES string of the molecule is O=C(/C=C/c1ccccc1)NCC(=O)OCC(=O)NC(=O)NCc1ccco1. The molecule has 28 heavy (non-hydrogen) atoms. The number of esters is 1. The molecule has 0 saturated carbocycles. The Balaban J connectivity index is 1.59. The van der Waals surface area contributed by atoms with E-state index in [1.807, 2.05) is 35.6 Å². The summed E-state index contributed by atoms with van der Waals surface area (Å²) in [6.07, 6.45) is 4.32. The number of imide groups is 1. The average molecular weight is 385 g/mol. The highest BCUT2D eigenvalue weighted by atomic mass is 16.5. The van der Waals surface area contributed by atoms with Crippen LogP contribution in [0.2, 0.25) is 0 Å². The van der Waals surface area contributed by atoms with Gasteiger partial charge >= 0.3 is 12.0 Å². The van der Waals surface area contributed by atoms with Gasteiger partial charge in [-0.25, -0.2) is 4.79 Å². The summed E-state index contributed by atoms with van der Waals surface area (Å²) >= 11 is 0. The van der Waals surface area contributed by atoms with Crippen molar-refractivity contribution in [2.75, 3.05) is 13.2 Å². The summed E-state index contributed by atoms with van der Waals surface area (Å²) in [7, 11) is 0. The van der Waals surface area contributed by atoms with E-state index >= 15 is 0 Å². The van der Waals surface area contributed by atoms with Crippen molar-refractivity contribution in [2.24, 2.45) is 0 Å². The second-order valence-electron chi connectivity index (χ2n) is 5.43. The molecule has 9 heteroatoms. The lowest BCUT2D eigenvalue weighted by molar-refractivity contribution is -0.147. The first-order valence-corrected chi connectivity index (χ1v) is 8.29. The Morgan fingerprint density at radius 1 is 1.00 bits per heavy atom. The third kappa shape index (κ3) is 8.00. The van der Waals surface area contributed by atoms with E-state index in [2.05, 4.69) is 15.4 Å². The Bertz CT molecular complexity index is 831. The Hall–Kier alpha value is -3.88. The summed E-state index contributed by atoms with van der Waals surface area (Å²) < 4.78 is 9.70. The van der Waals surface area contributed by atoms with E-state index in [1.54, 1.807) is 18.2 Å². The smallest absolute Gasteiger partial charge is 0.325 e. The van der Waals surface area contributed by atoms with Crippen molar-refractivity contribution in [3.05, 3.63) is 66.1 Å². The van der Waals surface area contributed by atoms with Crippen LogP contribution in [0.1, 0.15) is 11.3 Å². The van der Waals surface area contributed by atoms with Crippen molar-refractivity contribution in [3.63, 3.8) is 0 Å². The lowest BCUT2D eigenvalue weighted by atomic mass is 10.2. The van der Waals surface area contributed by atoms with E-state index in [9.17, 15) is 19.2 Å². The Morgan fingerprint density at radius 3 is 2.50 bits per heavy atom. The average Bonchev–Trinajstić information content (AvgIpc) is 3.22. The lowest BCUT2D eigenvalue weighted by Gasteiger charge is -2.07. The minimum absolute atomic E-state index is 0.106. The predicted octanol–water partition coefficient (Wildman–Crippen LogP) is 0.978. The molecule has 0 fully saturated rings. The number of urea groups is 1. The number of ether oxygens (including phenoxy) is 1. The molecule has 0 bridgehead atoms. The number of rotatable bonds is 8. The van der Waals surface area contributed by atoms with Gasteiger partial charge in [0.1, 0.15) is 12.3 Å². The molecule has 1 aromatic carbocycles. The highest BCUT2D eigenvalue weighted by Gasteiger charge is 2.11. The van der Waals surface area contributed by atoms with Crippen LogP contribution in [0.4, 0.5) is 4.79 Å². The minimum Gasteiger partial charge on any atom is -0.467 e. The number of furan rings is 1. The van der Waals surface area contributed by atoms with Crippen LogP contribution in [-0.2, 0) is 25.7 Å². The Morgan fingerprint density at radius 2 is 1.79 bits per heavy atom. The maximum absolute atomic E-state index is 11.6. The van der Waals surface area contributed by atoms with E-state index < -0.39 is 37.0 Å². The molecule has 0 radical (unpaired) electrons. The largest absolute Gasteiger partial charge is 0.467 e. The maximum Gasteiger partial charge on any atom is 0.325 e.